The van der Waals surface area contributed by atoms with E-state index in [0.29, 0.717) is 25.1 Å². The Hall–Kier alpha value is -0.740. The van der Waals surface area contributed by atoms with Crippen LogP contribution in [0.25, 0.3) is 0 Å². The van der Waals surface area contributed by atoms with Crippen molar-refractivity contribution in [1.29, 1.82) is 0 Å². The molecule has 0 bridgehead atoms. The number of halogens is 3. The number of benzene rings is 1. The SMILES string of the molecule is CCNC(=NCc1ncc(C)s1)NCCc1cc(Br)ccc1F.I. The molecule has 24 heavy (non-hydrogen) atoms. The normalized spacial score (nSPS) is 11.1. The highest BCUT2D eigenvalue weighted by Gasteiger charge is 2.04. The van der Waals surface area contributed by atoms with Gasteiger partial charge >= 0.3 is 0 Å². The average Bonchev–Trinajstić information content (AvgIpc) is 2.94. The summed E-state index contributed by atoms with van der Waals surface area (Å²) in [7, 11) is 0. The summed E-state index contributed by atoms with van der Waals surface area (Å²) >= 11 is 5.01. The molecule has 132 valence electrons. The first-order valence-corrected chi connectivity index (χ1v) is 9.07. The van der Waals surface area contributed by atoms with Gasteiger partial charge in [-0.25, -0.2) is 14.4 Å². The quantitative estimate of drug-likeness (QED) is 0.336. The highest BCUT2D eigenvalue weighted by Crippen LogP contribution is 2.15. The second-order valence-electron chi connectivity index (χ2n) is 4.97. The minimum Gasteiger partial charge on any atom is -0.357 e. The molecule has 1 aromatic carbocycles. The number of nitrogens with zero attached hydrogens (tertiary/aromatic N) is 2. The number of hydrogen-bond acceptors (Lipinski definition) is 3. The zero-order valence-electron chi connectivity index (χ0n) is 13.6. The van der Waals surface area contributed by atoms with Gasteiger partial charge in [0.1, 0.15) is 10.8 Å². The summed E-state index contributed by atoms with van der Waals surface area (Å²) in [5, 5.41) is 7.40. The zero-order chi connectivity index (χ0) is 16.7. The van der Waals surface area contributed by atoms with Crippen LogP contribution >= 0.6 is 51.2 Å². The molecule has 2 N–H and O–H groups in total. The van der Waals surface area contributed by atoms with Crippen LogP contribution in [0, 0.1) is 12.7 Å². The fourth-order valence-electron chi connectivity index (χ4n) is 2.01. The minimum atomic E-state index is -0.185. The van der Waals surface area contributed by atoms with Crippen LogP contribution in [-0.2, 0) is 13.0 Å². The van der Waals surface area contributed by atoms with Crippen molar-refractivity contribution >= 4 is 57.2 Å². The number of aromatic nitrogens is 1. The molecule has 0 fully saturated rings. The van der Waals surface area contributed by atoms with Crippen molar-refractivity contribution in [1.82, 2.24) is 15.6 Å². The molecule has 0 unspecified atom stereocenters. The van der Waals surface area contributed by atoms with Crippen LogP contribution in [-0.4, -0.2) is 24.0 Å². The highest BCUT2D eigenvalue weighted by atomic mass is 127. The Balaban J connectivity index is 0.00000288. The molecular weight excluding hydrogens is 506 g/mol. The summed E-state index contributed by atoms with van der Waals surface area (Å²) in [5.41, 5.74) is 0.679. The van der Waals surface area contributed by atoms with Crippen molar-refractivity contribution < 1.29 is 4.39 Å². The van der Waals surface area contributed by atoms with Gasteiger partial charge in [-0.2, -0.15) is 0 Å². The van der Waals surface area contributed by atoms with Crippen LogP contribution in [0.2, 0.25) is 0 Å². The van der Waals surface area contributed by atoms with Gasteiger partial charge in [0, 0.05) is 28.6 Å². The smallest absolute Gasteiger partial charge is 0.191 e. The summed E-state index contributed by atoms with van der Waals surface area (Å²) in [6, 6.07) is 4.98. The molecule has 0 atom stereocenters. The van der Waals surface area contributed by atoms with Gasteiger partial charge in [0.05, 0.1) is 6.54 Å². The van der Waals surface area contributed by atoms with E-state index in [9.17, 15) is 4.39 Å². The maximum Gasteiger partial charge on any atom is 0.191 e. The standard InChI is InChI=1S/C16H20BrFN4S.HI/c1-3-19-16(22-10-15-21-9-11(2)23-15)20-7-6-12-8-13(17)4-5-14(12)18;/h4-5,8-9H,3,6-7,10H2,1-2H3,(H2,19,20,22);1H. The Kier molecular flexibility index (Phi) is 9.75. The summed E-state index contributed by atoms with van der Waals surface area (Å²) in [4.78, 5) is 9.98. The molecule has 0 saturated heterocycles. The number of rotatable bonds is 6. The average molecular weight is 527 g/mol. The van der Waals surface area contributed by atoms with E-state index in [1.807, 2.05) is 20.0 Å². The van der Waals surface area contributed by atoms with Crippen LogP contribution in [0.4, 0.5) is 4.39 Å². The van der Waals surface area contributed by atoms with E-state index >= 15 is 0 Å². The maximum absolute atomic E-state index is 13.7. The molecule has 0 saturated carbocycles. The summed E-state index contributed by atoms with van der Waals surface area (Å²) in [6.07, 6.45) is 2.44. The van der Waals surface area contributed by atoms with Crippen LogP contribution in [0.1, 0.15) is 22.4 Å². The van der Waals surface area contributed by atoms with E-state index in [4.69, 9.17) is 0 Å². The van der Waals surface area contributed by atoms with Crippen LogP contribution < -0.4 is 10.6 Å². The van der Waals surface area contributed by atoms with Gasteiger partial charge in [0.2, 0.25) is 0 Å². The van der Waals surface area contributed by atoms with Crippen molar-refractivity contribution in [3.63, 3.8) is 0 Å². The number of nitrogens with one attached hydrogen (secondary N) is 2. The molecule has 0 spiro atoms. The van der Waals surface area contributed by atoms with E-state index in [-0.39, 0.29) is 29.8 Å². The van der Waals surface area contributed by atoms with Gasteiger partial charge < -0.3 is 10.6 Å². The summed E-state index contributed by atoms with van der Waals surface area (Å²) < 4.78 is 14.6. The van der Waals surface area contributed by atoms with Gasteiger partial charge in [-0.05, 0) is 44.0 Å². The molecule has 0 aliphatic carbocycles. The van der Waals surface area contributed by atoms with Crippen molar-refractivity contribution in [3.8, 4) is 0 Å². The molecule has 0 aliphatic heterocycles. The lowest BCUT2D eigenvalue weighted by Crippen LogP contribution is -2.38. The second kappa shape index (κ2) is 11.0. The number of thiazole rings is 1. The monoisotopic (exact) mass is 526 g/mol. The first kappa shape index (κ1) is 21.3. The third-order valence-electron chi connectivity index (χ3n) is 3.08. The van der Waals surface area contributed by atoms with Gasteiger partial charge in [0.15, 0.2) is 5.96 Å². The molecule has 1 aromatic heterocycles. The largest absolute Gasteiger partial charge is 0.357 e. The Morgan fingerprint density at radius 1 is 1.38 bits per heavy atom. The first-order chi connectivity index (χ1) is 11.1. The summed E-state index contributed by atoms with van der Waals surface area (Å²) in [6.45, 7) is 5.96. The van der Waals surface area contributed by atoms with Crippen molar-refractivity contribution in [2.45, 2.75) is 26.8 Å². The topological polar surface area (TPSA) is 49.3 Å². The molecule has 0 amide bonds. The van der Waals surface area contributed by atoms with E-state index < -0.39 is 0 Å². The molecule has 0 radical (unpaired) electrons. The van der Waals surface area contributed by atoms with Crippen molar-refractivity contribution in [3.05, 3.63) is 50.1 Å². The minimum absolute atomic E-state index is 0. The molecule has 8 heteroatoms. The molecule has 2 rings (SSSR count). The lowest BCUT2D eigenvalue weighted by Gasteiger charge is -2.11. The van der Waals surface area contributed by atoms with E-state index in [2.05, 4.69) is 36.5 Å². The van der Waals surface area contributed by atoms with E-state index in [1.54, 1.807) is 23.5 Å². The van der Waals surface area contributed by atoms with Gasteiger partial charge in [0.25, 0.3) is 0 Å². The second-order valence-corrected chi connectivity index (χ2v) is 7.21. The number of hydrogen-bond donors (Lipinski definition) is 2. The third-order valence-corrected chi connectivity index (χ3v) is 4.47. The predicted molar refractivity (Wildman–Crippen MR) is 113 cm³/mol. The van der Waals surface area contributed by atoms with Gasteiger partial charge in [-0.1, -0.05) is 15.9 Å². The number of aryl methyl sites for hydroxylation is 1. The number of guanidine groups is 1. The van der Waals surface area contributed by atoms with E-state index in [0.717, 1.165) is 22.0 Å². The molecule has 4 nitrogen and oxygen atoms in total. The molecular formula is C16H21BrFIN4S. The van der Waals surface area contributed by atoms with Gasteiger partial charge in [-0.3, -0.25) is 0 Å². The Labute approximate surface area is 171 Å². The van der Waals surface area contributed by atoms with E-state index in [1.165, 1.54) is 10.9 Å². The Morgan fingerprint density at radius 3 is 2.83 bits per heavy atom. The van der Waals surface area contributed by atoms with Gasteiger partial charge in [-0.15, -0.1) is 35.3 Å². The highest BCUT2D eigenvalue weighted by molar-refractivity contribution is 14.0. The molecule has 0 aliphatic rings. The molecule has 1 heterocycles. The maximum atomic E-state index is 13.7. The fourth-order valence-corrected chi connectivity index (χ4v) is 3.13. The lowest BCUT2D eigenvalue weighted by molar-refractivity contribution is 0.606. The lowest BCUT2D eigenvalue weighted by atomic mass is 10.1. The molecule has 2 aromatic rings. The Bertz CT molecular complexity index is 678. The third kappa shape index (κ3) is 7.02. The van der Waals surface area contributed by atoms with Crippen LogP contribution in [0.15, 0.2) is 33.9 Å². The predicted octanol–water partition coefficient (Wildman–Crippen LogP) is 4.27. The number of aliphatic imine (C=N–C) groups is 1. The van der Waals surface area contributed by atoms with Crippen molar-refractivity contribution in [2.24, 2.45) is 4.99 Å². The summed E-state index contributed by atoms with van der Waals surface area (Å²) in [5.74, 6) is 0.533. The zero-order valence-corrected chi connectivity index (χ0v) is 18.3. The van der Waals surface area contributed by atoms with Crippen LogP contribution in [0.3, 0.4) is 0 Å². The fraction of sp³-hybridized carbons (Fsp3) is 0.375. The Morgan fingerprint density at radius 2 is 2.17 bits per heavy atom. The first-order valence-electron chi connectivity index (χ1n) is 7.46. The van der Waals surface area contributed by atoms with Crippen molar-refractivity contribution in [2.75, 3.05) is 13.1 Å². The van der Waals surface area contributed by atoms with Crippen LogP contribution in [0.5, 0.6) is 0 Å².